The van der Waals surface area contributed by atoms with Gasteiger partial charge in [-0.3, -0.25) is 0 Å². The molecule has 1 aromatic rings. The molecule has 0 aliphatic rings. The summed E-state index contributed by atoms with van der Waals surface area (Å²) in [4.78, 5) is 0. The zero-order valence-electron chi connectivity index (χ0n) is 10.3. The Morgan fingerprint density at radius 1 is 1.37 bits per heavy atom. The third kappa shape index (κ3) is 5.95. The number of nitrogens with two attached hydrogens (primary N) is 1. The molecule has 0 aliphatic carbocycles. The molecule has 3 N–H and O–H groups in total. The second kappa shape index (κ2) is 6.78. The van der Waals surface area contributed by atoms with Gasteiger partial charge in [0.05, 0.1) is 5.75 Å². The number of halogens is 2. The summed E-state index contributed by atoms with van der Waals surface area (Å²) in [5.41, 5.74) is 0.525. The molecule has 0 bridgehead atoms. The van der Waals surface area contributed by atoms with Crippen molar-refractivity contribution in [2.45, 2.75) is 19.6 Å². The number of rotatable bonds is 7. The van der Waals surface area contributed by atoms with Gasteiger partial charge in [0.15, 0.2) is 0 Å². The first kappa shape index (κ1) is 15.8. The van der Waals surface area contributed by atoms with Crippen molar-refractivity contribution in [3.05, 3.63) is 29.8 Å². The van der Waals surface area contributed by atoms with E-state index >= 15 is 0 Å². The molecule has 0 saturated carbocycles. The van der Waals surface area contributed by atoms with Gasteiger partial charge in [-0.1, -0.05) is 18.2 Å². The summed E-state index contributed by atoms with van der Waals surface area (Å²) in [7, 11) is -3.54. The Balaban J connectivity index is 2.68. The number of benzene rings is 1. The molecule has 0 fully saturated rings. The maximum absolute atomic E-state index is 12.2. The zero-order chi connectivity index (χ0) is 14.5. The minimum Gasteiger partial charge on any atom is -0.434 e. The summed E-state index contributed by atoms with van der Waals surface area (Å²) < 4.78 is 50.4. The molecule has 8 heteroatoms. The third-order valence-corrected chi connectivity index (χ3v) is 3.21. The van der Waals surface area contributed by atoms with Gasteiger partial charge in [-0.15, -0.1) is 0 Å². The van der Waals surface area contributed by atoms with E-state index in [9.17, 15) is 17.2 Å². The second-order valence-electron chi connectivity index (χ2n) is 3.96. The van der Waals surface area contributed by atoms with Gasteiger partial charge in [-0.05, 0) is 13.0 Å². The topological polar surface area (TPSA) is 81.4 Å². The van der Waals surface area contributed by atoms with Crippen molar-refractivity contribution < 1.29 is 21.9 Å². The predicted molar refractivity (Wildman–Crippen MR) is 67.5 cm³/mol. The SMILES string of the molecule is CC(NCCS(N)(=O)=O)c1ccccc1OC(F)F. The van der Waals surface area contributed by atoms with Crippen LogP contribution < -0.4 is 15.2 Å². The molecular weight excluding hydrogens is 278 g/mol. The van der Waals surface area contributed by atoms with Crippen LogP contribution in [0.25, 0.3) is 0 Å². The van der Waals surface area contributed by atoms with Crippen molar-refractivity contribution in [2.24, 2.45) is 5.14 Å². The molecule has 1 unspecified atom stereocenters. The Morgan fingerprint density at radius 2 is 2.00 bits per heavy atom. The first-order chi connectivity index (χ1) is 8.79. The maximum Gasteiger partial charge on any atom is 0.387 e. The molecule has 1 aromatic carbocycles. The van der Waals surface area contributed by atoms with Crippen LogP contribution in [-0.2, 0) is 10.0 Å². The molecule has 0 aliphatic heterocycles. The predicted octanol–water partition coefficient (Wildman–Crippen LogP) is 1.23. The van der Waals surface area contributed by atoms with E-state index in [4.69, 9.17) is 5.14 Å². The van der Waals surface area contributed by atoms with Gasteiger partial charge < -0.3 is 10.1 Å². The van der Waals surface area contributed by atoms with Crippen LogP contribution in [0, 0.1) is 0 Å². The van der Waals surface area contributed by atoms with E-state index in [1.165, 1.54) is 6.07 Å². The highest BCUT2D eigenvalue weighted by Crippen LogP contribution is 2.26. The molecule has 0 amide bonds. The molecule has 0 spiro atoms. The molecule has 5 nitrogen and oxygen atoms in total. The Bertz CT molecular complexity index is 508. The number of sulfonamides is 1. The van der Waals surface area contributed by atoms with Crippen LogP contribution in [0.1, 0.15) is 18.5 Å². The van der Waals surface area contributed by atoms with Crippen LogP contribution in [0.5, 0.6) is 5.75 Å². The van der Waals surface area contributed by atoms with E-state index in [1.54, 1.807) is 25.1 Å². The van der Waals surface area contributed by atoms with E-state index in [0.29, 0.717) is 5.56 Å². The molecule has 19 heavy (non-hydrogen) atoms. The summed E-state index contributed by atoms with van der Waals surface area (Å²) in [6, 6.07) is 5.99. The van der Waals surface area contributed by atoms with Crippen molar-refractivity contribution in [1.29, 1.82) is 0 Å². The van der Waals surface area contributed by atoms with Crippen molar-refractivity contribution in [3.63, 3.8) is 0 Å². The van der Waals surface area contributed by atoms with E-state index in [-0.39, 0.29) is 24.1 Å². The van der Waals surface area contributed by atoms with Crippen molar-refractivity contribution in [3.8, 4) is 5.75 Å². The quantitative estimate of drug-likeness (QED) is 0.792. The molecule has 1 rings (SSSR count). The van der Waals surface area contributed by atoms with E-state index in [2.05, 4.69) is 10.1 Å². The number of hydrogen-bond acceptors (Lipinski definition) is 4. The lowest BCUT2D eigenvalue weighted by Gasteiger charge is -2.17. The van der Waals surface area contributed by atoms with Crippen LogP contribution in [0.4, 0.5) is 8.78 Å². The fraction of sp³-hybridized carbons (Fsp3) is 0.455. The van der Waals surface area contributed by atoms with Crippen molar-refractivity contribution >= 4 is 10.0 Å². The van der Waals surface area contributed by atoms with Crippen molar-refractivity contribution in [2.75, 3.05) is 12.3 Å². The Labute approximate surface area is 110 Å². The van der Waals surface area contributed by atoms with E-state index < -0.39 is 16.6 Å². The third-order valence-electron chi connectivity index (χ3n) is 2.44. The number of ether oxygens (including phenoxy) is 1. The Kier molecular flexibility index (Phi) is 5.64. The summed E-state index contributed by atoms with van der Waals surface area (Å²) in [6.07, 6.45) is 0. The molecule has 1 atom stereocenters. The van der Waals surface area contributed by atoms with Gasteiger partial charge in [0.2, 0.25) is 10.0 Å². The lowest BCUT2D eigenvalue weighted by Crippen LogP contribution is -2.29. The second-order valence-corrected chi connectivity index (χ2v) is 5.69. The smallest absolute Gasteiger partial charge is 0.387 e. The molecule has 0 saturated heterocycles. The molecule has 0 radical (unpaired) electrons. The zero-order valence-corrected chi connectivity index (χ0v) is 11.2. The molecular formula is C11H16F2N2O3S. The summed E-state index contributed by atoms with van der Waals surface area (Å²) in [5, 5.41) is 7.75. The first-order valence-electron chi connectivity index (χ1n) is 5.57. The molecule has 0 heterocycles. The van der Waals surface area contributed by atoms with Crippen molar-refractivity contribution in [1.82, 2.24) is 5.32 Å². The fourth-order valence-corrected chi connectivity index (χ4v) is 1.97. The van der Waals surface area contributed by atoms with Gasteiger partial charge >= 0.3 is 6.61 Å². The maximum atomic E-state index is 12.2. The van der Waals surface area contributed by atoms with Gasteiger partial charge in [-0.2, -0.15) is 8.78 Å². The molecule has 0 aromatic heterocycles. The number of alkyl halides is 2. The largest absolute Gasteiger partial charge is 0.434 e. The summed E-state index contributed by atoms with van der Waals surface area (Å²) >= 11 is 0. The lowest BCUT2D eigenvalue weighted by molar-refractivity contribution is -0.0506. The van der Waals surface area contributed by atoms with Gasteiger partial charge in [0.25, 0.3) is 0 Å². The average molecular weight is 294 g/mol. The van der Waals surface area contributed by atoms with Crippen LogP contribution in [-0.4, -0.2) is 27.3 Å². The van der Waals surface area contributed by atoms with Gasteiger partial charge in [0.1, 0.15) is 5.75 Å². The van der Waals surface area contributed by atoms with Crippen LogP contribution in [0.15, 0.2) is 24.3 Å². The number of nitrogens with one attached hydrogen (secondary N) is 1. The standard InChI is InChI=1S/C11H16F2N2O3S/c1-8(15-6-7-19(14,16)17)9-4-2-3-5-10(9)18-11(12)13/h2-5,8,11,15H,6-7H2,1H3,(H2,14,16,17). The van der Waals surface area contributed by atoms with Crippen LogP contribution >= 0.6 is 0 Å². The lowest BCUT2D eigenvalue weighted by atomic mass is 10.1. The Morgan fingerprint density at radius 3 is 2.58 bits per heavy atom. The normalized spacial score (nSPS) is 13.5. The number of hydrogen-bond donors (Lipinski definition) is 2. The number of para-hydroxylation sites is 1. The van der Waals surface area contributed by atoms with Crippen LogP contribution in [0.2, 0.25) is 0 Å². The minimum atomic E-state index is -3.54. The minimum absolute atomic E-state index is 0.0631. The van der Waals surface area contributed by atoms with Gasteiger partial charge in [0, 0.05) is 18.2 Å². The van der Waals surface area contributed by atoms with Crippen LogP contribution in [0.3, 0.4) is 0 Å². The average Bonchev–Trinajstić information content (AvgIpc) is 2.27. The molecule has 108 valence electrons. The summed E-state index contributed by atoms with van der Waals surface area (Å²) in [6.45, 7) is -1.06. The number of primary sulfonamides is 1. The summed E-state index contributed by atoms with van der Waals surface area (Å²) in [5.74, 6) is -0.164. The van der Waals surface area contributed by atoms with E-state index in [0.717, 1.165) is 0 Å². The first-order valence-corrected chi connectivity index (χ1v) is 7.28. The van der Waals surface area contributed by atoms with E-state index in [1.807, 2.05) is 0 Å². The Hall–Kier alpha value is -1.25. The van der Waals surface area contributed by atoms with Gasteiger partial charge in [-0.25, -0.2) is 13.6 Å². The highest BCUT2D eigenvalue weighted by atomic mass is 32.2. The monoisotopic (exact) mass is 294 g/mol. The highest BCUT2D eigenvalue weighted by Gasteiger charge is 2.14. The fourth-order valence-electron chi connectivity index (χ4n) is 1.57. The highest BCUT2D eigenvalue weighted by molar-refractivity contribution is 7.89.